The normalized spacial score (nSPS) is 12.9. The summed E-state index contributed by atoms with van der Waals surface area (Å²) in [5, 5.41) is 21.2. The number of thiophene rings is 1. The van der Waals surface area contributed by atoms with Crippen LogP contribution in [-0.4, -0.2) is 13.5 Å². The zero-order valence-corrected chi connectivity index (χ0v) is 16.6. The molecule has 0 radical (unpaired) electrons. The van der Waals surface area contributed by atoms with Crippen LogP contribution in [0.25, 0.3) is 6.08 Å². The summed E-state index contributed by atoms with van der Waals surface area (Å²) in [7, 11) is -3.84. The molecule has 0 amide bonds. The molecule has 1 aromatic heterocycles. The van der Waals surface area contributed by atoms with Gasteiger partial charge in [0.05, 0.1) is 4.47 Å². The Balaban J connectivity index is 2.62. The average molecular weight is 426 g/mol. The molecular formula is C17H16BrNO3S2. The van der Waals surface area contributed by atoms with Gasteiger partial charge in [0.2, 0.25) is 9.84 Å². The van der Waals surface area contributed by atoms with Crippen molar-refractivity contribution in [2.24, 2.45) is 0 Å². The molecule has 1 aromatic carbocycles. The SMILES string of the molecule is CC(C)(C)c1cc(C=C(C#N)S(=O)(=O)c2cccs2)cc(Br)c1O. The second-order valence-corrected chi connectivity index (χ2v) is 10.2. The first-order valence-electron chi connectivity index (χ1n) is 7.00. The fraction of sp³-hybridized carbons (Fsp3) is 0.235. The molecule has 126 valence electrons. The molecule has 2 rings (SSSR count). The Morgan fingerprint density at radius 1 is 1.38 bits per heavy atom. The lowest BCUT2D eigenvalue weighted by Gasteiger charge is -2.21. The van der Waals surface area contributed by atoms with E-state index in [0.29, 0.717) is 15.6 Å². The molecule has 24 heavy (non-hydrogen) atoms. The number of hydrogen-bond donors (Lipinski definition) is 1. The van der Waals surface area contributed by atoms with Gasteiger partial charge < -0.3 is 5.11 Å². The van der Waals surface area contributed by atoms with E-state index in [2.05, 4.69) is 15.9 Å². The van der Waals surface area contributed by atoms with Crippen LogP contribution in [0.4, 0.5) is 0 Å². The van der Waals surface area contributed by atoms with Crippen molar-refractivity contribution in [2.45, 2.75) is 30.4 Å². The topological polar surface area (TPSA) is 78.2 Å². The summed E-state index contributed by atoms with van der Waals surface area (Å²) in [5.41, 5.74) is 0.853. The van der Waals surface area contributed by atoms with Crippen LogP contribution in [0.15, 0.2) is 43.2 Å². The van der Waals surface area contributed by atoms with Crippen molar-refractivity contribution >= 4 is 43.2 Å². The Hall–Kier alpha value is -1.62. The maximum absolute atomic E-state index is 12.5. The molecule has 0 unspecified atom stereocenters. The highest BCUT2D eigenvalue weighted by Crippen LogP contribution is 2.38. The molecule has 4 nitrogen and oxygen atoms in total. The number of phenols is 1. The third-order valence-corrected chi connectivity index (χ3v) is 7.02. The fourth-order valence-electron chi connectivity index (χ4n) is 2.12. The minimum absolute atomic E-state index is 0.110. The van der Waals surface area contributed by atoms with E-state index in [1.165, 1.54) is 12.1 Å². The molecule has 0 bridgehead atoms. The highest BCUT2D eigenvalue weighted by atomic mass is 79.9. The lowest BCUT2D eigenvalue weighted by molar-refractivity contribution is 0.443. The maximum atomic E-state index is 12.5. The Bertz CT molecular complexity index is 931. The number of phenolic OH excluding ortho intramolecular Hbond substituents is 1. The van der Waals surface area contributed by atoms with Gasteiger partial charge in [0.1, 0.15) is 16.0 Å². The number of halogens is 1. The lowest BCUT2D eigenvalue weighted by Crippen LogP contribution is -2.12. The van der Waals surface area contributed by atoms with Gasteiger partial charge in [-0.05, 0) is 56.6 Å². The van der Waals surface area contributed by atoms with Crippen molar-refractivity contribution in [1.82, 2.24) is 0 Å². The number of nitriles is 1. The van der Waals surface area contributed by atoms with Gasteiger partial charge in [0.15, 0.2) is 4.91 Å². The van der Waals surface area contributed by atoms with E-state index in [1.54, 1.807) is 29.6 Å². The molecule has 2 aromatic rings. The highest BCUT2D eigenvalue weighted by Gasteiger charge is 2.24. The predicted molar refractivity (Wildman–Crippen MR) is 99.6 cm³/mol. The summed E-state index contributed by atoms with van der Waals surface area (Å²) in [6.45, 7) is 5.82. The van der Waals surface area contributed by atoms with Gasteiger partial charge >= 0.3 is 0 Å². The number of rotatable bonds is 3. The molecule has 0 atom stereocenters. The zero-order chi connectivity index (χ0) is 18.1. The lowest BCUT2D eigenvalue weighted by atomic mass is 9.85. The number of aromatic hydroxyl groups is 1. The van der Waals surface area contributed by atoms with Crippen molar-refractivity contribution in [3.63, 3.8) is 0 Å². The zero-order valence-electron chi connectivity index (χ0n) is 13.4. The van der Waals surface area contributed by atoms with Crippen LogP contribution in [-0.2, 0) is 15.3 Å². The van der Waals surface area contributed by atoms with Gasteiger partial charge in [-0.2, -0.15) is 5.26 Å². The number of hydrogen-bond acceptors (Lipinski definition) is 5. The number of sulfone groups is 1. The van der Waals surface area contributed by atoms with E-state index in [1.807, 2.05) is 20.8 Å². The van der Waals surface area contributed by atoms with Crippen LogP contribution in [0, 0.1) is 11.3 Å². The number of nitrogens with zero attached hydrogens (tertiary/aromatic N) is 1. The monoisotopic (exact) mass is 425 g/mol. The van der Waals surface area contributed by atoms with Crippen molar-refractivity contribution in [3.8, 4) is 11.8 Å². The minimum Gasteiger partial charge on any atom is -0.506 e. The van der Waals surface area contributed by atoms with Gasteiger partial charge in [-0.1, -0.05) is 26.8 Å². The second kappa shape index (κ2) is 6.71. The summed E-state index contributed by atoms with van der Waals surface area (Å²) in [6, 6.07) is 8.16. The quantitative estimate of drug-likeness (QED) is 0.712. The van der Waals surface area contributed by atoms with E-state index >= 15 is 0 Å². The van der Waals surface area contributed by atoms with Gasteiger partial charge in [-0.3, -0.25) is 0 Å². The van der Waals surface area contributed by atoms with E-state index in [0.717, 1.165) is 11.3 Å². The Labute approximate surface area is 154 Å². The van der Waals surface area contributed by atoms with Gasteiger partial charge in [0, 0.05) is 5.56 Å². The largest absolute Gasteiger partial charge is 0.506 e. The second-order valence-electron chi connectivity index (χ2n) is 6.20. The summed E-state index contributed by atoms with van der Waals surface area (Å²) in [5.74, 6) is 0.110. The van der Waals surface area contributed by atoms with Crippen LogP contribution < -0.4 is 0 Å². The molecular weight excluding hydrogens is 410 g/mol. The molecule has 1 N–H and O–H groups in total. The van der Waals surface area contributed by atoms with Crippen molar-refractivity contribution < 1.29 is 13.5 Å². The Morgan fingerprint density at radius 3 is 2.54 bits per heavy atom. The van der Waals surface area contributed by atoms with Crippen molar-refractivity contribution in [3.05, 3.63) is 50.2 Å². The summed E-state index contributed by atoms with van der Waals surface area (Å²) >= 11 is 4.35. The van der Waals surface area contributed by atoms with E-state index < -0.39 is 9.84 Å². The van der Waals surface area contributed by atoms with Crippen LogP contribution >= 0.6 is 27.3 Å². The summed E-state index contributed by atoms with van der Waals surface area (Å²) in [6.07, 6.45) is 1.33. The molecule has 1 heterocycles. The molecule has 7 heteroatoms. The molecule has 0 aliphatic heterocycles. The smallest absolute Gasteiger partial charge is 0.226 e. The standard InChI is InChI=1S/C17H16BrNO3S2/c1-17(2,3)13-8-11(9-14(18)16(13)20)7-12(10-19)24(21,22)15-5-4-6-23-15/h4-9,20H,1-3H3. The first-order chi connectivity index (χ1) is 11.1. The van der Waals surface area contributed by atoms with Crippen LogP contribution in [0.1, 0.15) is 31.9 Å². The van der Waals surface area contributed by atoms with Gasteiger partial charge in [-0.25, -0.2) is 8.42 Å². The van der Waals surface area contributed by atoms with Gasteiger partial charge in [0.25, 0.3) is 0 Å². The van der Waals surface area contributed by atoms with Crippen molar-refractivity contribution in [2.75, 3.05) is 0 Å². The van der Waals surface area contributed by atoms with E-state index in [-0.39, 0.29) is 20.3 Å². The third-order valence-electron chi connectivity index (χ3n) is 3.35. The van der Waals surface area contributed by atoms with E-state index in [4.69, 9.17) is 0 Å². The van der Waals surface area contributed by atoms with Crippen LogP contribution in [0.3, 0.4) is 0 Å². The Kier molecular flexibility index (Phi) is 5.23. The van der Waals surface area contributed by atoms with Crippen LogP contribution in [0.2, 0.25) is 0 Å². The highest BCUT2D eigenvalue weighted by molar-refractivity contribution is 9.10. The average Bonchev–Trinajstić information content (AvgIpc) is 3.01. The summed E-state index contributed by atoms with van der Waals surface area (Å²) in [4.78, 5) is -0.331. The third kappa shape index (κ3) is 3.72. The van der Waals surface area contributed by atoms with Crippen molar-refractivity contribution in [1.29, 1.82) is 5.26 Å². The molecule has 0 saturated carbocycles. The molecule has 0 saturated heterocycles. The number of benzene rings is 1. The van der Waals surface area contributed by atoms with Gasteiger partial charge in [-0.15, -0.1) is 11.3 Å². The molecule has 0 aliphatic rings. The van der Waals surface area contributed by atoms with E-state index in [9.17, 15) is 18.8 Å². The minimum atomic E-state index is -3.84. The first-order valence-corrected chi connectivity index (χ1v) is 10.2. The Morgan fingerprint density at radius 2 is 2.04 bits per heavy atom. The number of allylic oxidation sites excluding steroid dienone is 1. The maximum Gasteiger partial charge on any atom is 0.226 e. The van der Waals surface area contributed by atoms with Crippen LogP contribution in [0.5, 0.6) is 5.75 Å². The molecule has 0 spiro atoms. The fourth-order valence-corrected chi connectivity index (χ4v) is 4.88. The first kappa shape index (κ1) is 18.7. The predicted octanol–water partition coefficient (Wildman–Crippen LogP) is 4.85. The molecule has 0 fully saturated rings. The molecule has 0 aliphatic carbocycles. The summed E-state index contributed by atoms with van der Waals surface area (Å²) < 4.78 is 25.6.